The van der Waals surface area contributed by atoms with Crippen LogP contribution >= 0.6 is 11.6 Å². The maximum atomic E-state index is 14.2. The zero-order chi connectivity index (χ0) is 24.1. The van der Waals surface area contributed by atoms with Crippen LogP contribution in [0, 0.1) is 5.82 Å². The van der Waals surface area contributed by atoms with Crippen molar-refractivity contribution in [1.82, 2.24) is 9.78 Å². The molecule has 0 aliphatic rings. The minimum absolute atomic E-state index is 0.177. The van der Waals surface area contributed by atoms with Gasteiger partial charge < -0.3 is 15.4 Å². The van der Waals surface area contributed by atoms with Gasteiger partial charge in [-0.3, -0.25) is 14.3 Å². The van der Waals surface area contributed by atoms with Gasteiger partial charge in [0, 0.05) is 23.1 Å². The minimum Gasteiger partial charge on any atom is -0.495 e. The molecule has 34 heavy (non-hydrogen) atoms. The molecule has 0 saturated heterocycles. The summed E-state index contributed by atoms with van der Waals surface area (Å²) >= 11 is 5.77. The largest absolute Gasteiger partial charge is 0.495 e. The maximum Gasteiger partial charge on any atom is 0.258 e. The standard InChI is InChI=1S/C25H20ClFN4O3/c1-34-22-11-9-18(15-21(22)30-24(32)19-10-8-17(26)14-20(19)27)29-25(33)23(31-13-5-12-28-31)16-6-3-2-4-7-16/h2-15,23H,1H3,(H,29,33)(H,30,32). The Kier molecular flexibility index (Phi) is 6.89. The average Bonchev–Trinajstić information content (AvgIpc) is 3.34. The molecule has 4 aromatic rings. The third-order valence-corrected chi connectivity index (χ3v) is 5.28. The molecule has 172 valence electrons. The fourth-order valence-corrected chi connectivity index (χ4v) is 3.61. The lowest BCUT2D eigenvalue weighted by Crippen LogP contribution is -2.27. The van der Waals surface area contributed by atoms with Crippen LogP contribution in [-0.4, -0.2) is 28.7 Å². The van der Waals surface area contributed by atoms with E-state index in [2.05, 4.69) is 15.7 Å². The first-order chi connectivity index (χ1) is 16.5. The lowest BCUT2D eigenvalue weighted by molar-refractivity contribution is -0.118. The van der Waals surface area contributed by atoms with Crippen LogP contribution in [0.15, 0.2) is 85.2 Å². The maximum absolute atomic E-state index is 14.2. The Hall–Kier alpha value is -4.17. The van der Waals surface area contributed by atoms with Crippen LogP contribution in [0.25, 0.3) is 0 Å². The number of nitrogens with one attached hydrogen (secondary N) is 2. The van der Waals surface area contributed by atoms with Crippen molar-refractivity contribution in [2.45, 2.75) is 6.04 Å². The molecule has 0 aliphatic heterocycles. The van der Waals surface area contributed by atoms with Crippen molar-refractivity contribution in [2.75, 3.05) is 17.7 Å². The van der Waals surface area contributed by atoms with Crippen LogP contribution in [0.3, 0.4) is 0 Å². The predicted molar refractivity (Wildman–Crippen MR) is 128 cm³/mol. The van der Waals surface area contributed by atoms with Gasteiger partial charge in [0.05, 0.1) is 18.4 Å². The Morgan fingerprint density at radius 3 is 2.50 bits per heavy atom. The zero-order valence-electron chi connectivity index (χ0n) is 18.0. The van der Waals surface area contributed by atoms with Gasteiger partial charge in [0.2, 0.25) is 0 Å². The molecule has 0 spiro atoms. The van der Waals surface area contributed by atoms with Crippen molar-refractivity contribution in [2.24, 2.45) is 0 Å². The van der Waals surface area contributed by atoms with E-state index in [1.807, 2.05) is 30.3 Å². The van der Waals surface area contributed by atoms with Crippen LogP contribution in [0.2, 0.25) is 5.02 Å². The van der Waals surface area contributed by atoms with Crippen molar-refractivity contribution in [3.05, 3.63) is 107 Å². The number of halogens is 2. The molecule has 0 saturated carbocycles. The molecule has 2 N–H and O–H groups in total. The molecule has 0 aliphatic carbocycles. The summed E-state index contributed by atoms with van der Waals surface area (Å²) in [7, 11) is 1.44. The first-order valence-electron chi connectivity index (χ1n) is 10.3. The lowest BCUT2D eigenvalue weighted by Gasteiger charge is -2.19. The van der Waals surface area contributed by atoms with Crippen molar-refractivity contribution in [3.63, 3.8) is 0 Å². The summed E-state index contributed by atoms with van der Waals surface area (Å²) in [5, 5.41) is 9.88. The van der Waals surface area contributed by atoms with Crippen LogP contribution in [0.4, 0.5) is 15.8 Å². The van der Waals surface area contributed by atoms with Crippen molar-refractivity contribution < 1.29 is 18.7 Å². The van der Waals surface area contributed by atoms with Gasteiger partial charge in [0.15, 0.2) is 6.04 Å². The molecular weight excluding hydrogens is 459 g/mol. The second-order valence-corrected chi connectivity index (χ2v) is 7.72. The number of anilines is 2. The number of benzene rings is 3. The molecular formula is C25H20ClFN4O3. The molecule has 1 heterocycles. The second-order valence-electron chi connectivity index (χ2n) is 7.28. The van der Waals surface area contributed by atoms with E-state index in [0.717, 1.165) is 11.6 Å². The Labute approximate surface area is 200 Å². The molecule has 1 aromatic heterocycles. The van der Waals surface area contributed by atoms with Gasteiger partial charge in [-0.2, -0.15) is 5.10 Å². The number of carbonyl (C=O) groups excluding carboxylic acids is 2. The smallest absolute Gasteiger partial charge is 0.258 e. The molecule has 2 amide bonds. The number of hydrogen-bond acceptors (Lipinski definition) is 4. The first kappa shape index (κ1) is 23.0. The van der Waals surface area contributed by atoms with E-state index in [1.54, 1.807) is 35.3 Å². The fourth-order valence-electron chi connectivity index (χ4n) is 3.45. The van der Waals surface area contributed by atoms with Gasteiger partial charge in [-0.25, -0.2) is 4.39 Å². The monoisotopic (exact) mass is 478 g/mol. The van der Waals surface area contributed by atoms with Gasteiger partial charge in [-0.05, 0) is 48.0 Å². The fraction of sp³-hybridized carbons (Fsp3) is 0.0800. The summed E-state index contributed by atoms with van der Waals surface area (Å²) in [6, 6.07) is 18.8. The summed E-state index contributed by atoms with van der Waals surface area (Å²) in [5.74, 6) is -1.43. The number of carbonyl (C=O) groups is 2. The lowest BCUT2D eigenvalue weighted by atomic mass is 10.1. The van der Waals surface area contributed by atoms with E-state index in [1.165, 1.54) is 25.3 Å². The third kappa shape index (κ3) is 5.07. The van der Waals surface area contributed by atoms with Gasteiger partial charge in [0.25, 0.3) is 11.8 Å². The van der Waals surface area contributed by atoms with Crippen molar-refractivity contribution in [3.8, 4) is 5.75 Å². The summed E-state index contributed by atoms with van der Waals surface area (Å²) < 4.78 is 21.0. The van der Waals surface area contributed by atoms with E-state index < -0.39 is 17.8 Å². The van der Waals surface area contributed by atoms with Gasteiger partial charge in [0.1, 0.15) is 11.6 Å². The Bertz CT molecular complexity index is 1310. The minimum atomic E-state index is -0.752. The molecule has 1 unspecified atom stereocenters. The number of nitrogens with zero attached hydrogens (tertiary/aromatic N) is 2. The molecule has 9 heteroatoms. The van der Waals surface area contributed by atoms with Gasteiger partial charge in [-0.15, -0.1) is 0 Å². The van der Waals surface area contributed by atoms with Crippen LogP contribution in [0.1, 0.15) is 22.0 Å². The number of ether oxygens (including phenoxy) is 1. The SMILES string of the molecule is COc1ccc(NC(=O)C(c2ccccc2)n2cccn2)cc1NC(=O)c1ccc(Cl)cc1F. The Morgan fingerprint density at radius 2 is 1.82 bits per heavy atom. The summed E-state index contributed by atoms with van der Waals surface area (Å²) in [5.41, 5.74) is 1.24. The molecule has 4 rings (SSSR count). The van der Waals surface area contributed by atoms with Gasteiger partial charge in [-0.1, -0.05) is 41.9 Å². The van der Waals surface area contributed by atoms with E-state index in [-0.39, 0.29) is 22.2 Å². The summed E-state index contributed by atoms with van der Waals surface area (Å²) in [6.45, 7) is 0. The average molecular weight is 479 g/mol. The molecule has 1 atom stereocenters. The number of aromatic nitrogens is 2. The molecule has 7 nitrogen and oxygen atoms in total. The van der Waals surface area contributed by atoms with Gasteiger partial charge >= 0.3 is 0 Å². The van der Waals surface area contributed by atoms with E-state index >= 15 is 0 Å². The Balaban J connectivity index is 1.59. The van der Waals surface area contributed by atoms with Crippen LogP contribution < -0.4 is 15.4 Å². The third-order valence-electron chi connectivity index (χ3n) is 5.04. The van der Waals surface area contributed by atoms with E-state index in [0.29, 0.717) is 11.4 Å². The van der Waals surface area contributed by atoms with Crippen LogP contribution in [-0.2, 0) is 4.79 Å². The highest BCUT2D eigenvalue weighted by atomic mass is 35.5. The Morgan fingerprint density at radius 1 is 1.03 bits per heavy atom. The zero-order valence-corrected chi connectivity index (χ0v) is 18.8. The number of rotatable bonds is 7. The molecule has 3 aromatic carbocycles. The van der Waals surface area contributed by atoms with Crippen molar-refractivity contribution in [1.29, 1.82) is 0 Å². The quantitative estimate of drug-likeness (QED) is 0.384. The highest BCUT2D eigenvalue weighted by Gasteiger charge is 2.23. The molecule has 0 bridgehead atoms. The first-order valence-corrected chi connectivity index (χ1v) is 10.6. The highest BCUT2D eigenvalue weighted by molar-refractivity contribution is 6.30. The molecule has 0 radical (unpaired) electrons. The topological polar surface area (TPSA) is 85.2 Å². The number of amides is 2. The van der Waals surface area contributed by atoms with E-state index in [9.17, 15) is 14.0 Å². The summed E-state index contributed by atoms with van der Waals surface area (Å²) in [6.07, 6.45) is 3.30. The predicted octanol–water partition coefficient (Wildman–Crippen LogP) is 5.16. The normalized spacial score (nSPS) is 11.5. The molecule has 0 fully saturated rings. The number of methoxy groups -OCH3 is 1. The summed E-state index contributed by atoms with van der Waals surface area (Å²) in [4.78, 5) is 25.9. The van der Waals surface area contributed by atoms with E-state index in [4.69, 9.17) is 16.3 Å². The van der Waals surface area contributed by atoms with Crippen LogP contribution in [0.5, 0.6) is 5.75 Å². The number of hydrogen-bond donors (Lipinski definition) is 2. The van der Waals surface area contributed by atoms with Crippen molar-refractivity contribution >= 4 is 34.8 Å². The highest BCUT2D eigenvalue weighted by Crippen LogP contribution is 2.30. The second kappa shape index (κ2) is 10.2.